The van der Waals surface area contributed by atoms with Gasteiger partial charge in [-0.1, -0.05) is 12.8 Å². The van der Waals surface area contributed by atoms with Crippen LogP contribution < -0.4 is 5.32 Å². The SMILES string of the molecule is CC(C)(C)NC1CCC(CC2CC2)CC1. The monoisotopic (exact) mass is 209 g/mol. The first-order valence-corrected chi connectivity index (χ1v) is 6.80. The molecule has 1 N–H and O–H groups in total. The lowest BCUT2D eigenvalue weighted by molar-refractivity contribution is 0.237. The Morgan fingerprint density at radius 1 is 0.867 bits per heavy atom. The molecule has 0 radical (unpaired) electrons. The largest absolute Gasteiger partial charge is 0.309 e. The summed E-state index contributed by atoms with van der Waals surface area (Å²) in [6.45, 7) is 6.84. The first-order valence-electron chi connectivity index (χ1n) is 6.80. The smallest absolute Gasteiger partial charge is 0.00990 e. The van der Waals surface area contributed by atoms with Crippen LogP contribution in [0.3, 0.4) is 0 Å². The average Bonchev–Trinajstić information content (AvgIpc) is 2.90. The molecule has 0 aliphatic heterocycles. The van der Waals surface area contributed by atoms with E-state index in [0.29, 0.717) is 5.54 Å². The van der Waals surface area contributed by atoms with Gasteiger partial charge in [-0.3, -0.25) is 0 Å². The van der Waals surface area contributed by atoms with E-state index >= 15 is 0 Å². The second-order valence-corrected chi connectivity index (χ2v) is 6.79. The summed E-state index contributed by atoms with van der Waals surface area (Å²) in [5, 5.41) is 3.75. The van der Waals surface area contributed by atoms with Gasteiger partial charge in [0, 0.05) is 11.6 Å². The van der Waals surface area contributed by atoms with Crippen LogP contribution in [-0.2, 0) is 0 Å². The van der Waals surface area contributed by atoms with Crippen molar-refractivity contribution in [3.05, 3.63) is 0 Å². The van der Waals surface area contributed by atoms with Gasteiger partial charge in [0.15, 0.2) is 0 Å². The Labute approximate surface area is 95.0 Å². The maximum Gasteiger partial charge on any atom is 0.00990 e. The Morgan fingerprint density at radius 3 is 1.73 bits per heavy atom. The van der Waals surface area contributed by atoms with Crippen molar-refractivity contribution >= 4 is 0 Å². The molecule has 0 amide bonds. The molecule has 0 aromatic carbocycles. The first-order chi connectivity index (χ1) is 7.03. The molecule has 2 rings (SSSR count). The van der Waals surface area contributed by atoms with Crippen molar-refractivity contribution in [2.45, 2.75) is 77.3 Å². The molecule has 0 aromatic heterocycles. The lowest BCUT2D eigenvalue weighted by Crippen LogP contribution is -2.45. The summed E-state index contributed by atoms with van der Waals surface area (Å²) in [5.41, 5.74) is 0.300. The summed E-state index contributed by atoms with van der Waals surface area (Å²) >= 11 is 0. The summed E-state index contributed by atoms with van der Waals surface area (Å²) in [4.78, 5) is 0. The van der Waals surface area contributed by atoms with Crippen molar-refractivity contribution in [2.75, 3.05) is 0 Å². The highest BCUT2D eigenvalue weighted by molar-refractivity contribution is 4.85. The van der Waals surface area contributed by atoms with Crippen LogP contribution in [-0.4, -0.2) is 11.6 Å². The van der Waals surface area contributed by atoms with Gasteiger partial charge in [0.25, 0.3) is 0 Å². The van der Waals surface area contributed by atoms with E-state index in [1.807, 2.05) is 0 Å². The van der Waals surface area contributed by atoms with E-state index in [1.54, 1.807) is 6.42 Å². The van der Waals surface area contributed by atoms with Gasteiger partial charge in [0.1, 0.15) is 0 Å². The maximum absolute atomic E-state index is 3.75. The molecule has 2 aliphatic carbocycles. The molecule has 15 heavy (non-hydrogen) atoms. The Morgan fingerprint density at radius 2 is 1.33 bits per heavy atom. The second kappa shape index (κ2) is 4.45. The van der Waals surface area contributed by atoms with Crippen LogP contribution in [0.1, 0.15) is 65.7 Å². The van der Waals surface area contributed by atoms with Crippen LogP contribution in [0.5, 0.6) is 0 Å². The molecular weight excluding hydrogens is 182 g/mol. The third-order valence-electron chi connectivity index (χ3n) is 3.85. The molecule has 0 saturated heterocycles. The lowest BCUT2D eigenvalue weighted by atomic mass is 9.82. The van der Waals surface area contributed by atoms with Gasteiger partial charge in [0.2, 0.25) is 0 Å². The molecule has 0 unspecified atom stereocenters. The summed E-state index contributed by atoms with van der Waals surface area (Å²) in [7, 11) is 0. The van der Waals surface area contributed by atoms with E-state index in [2.05, 4.69) is 26.1 Å². The van der Waals surface area contributed by atoms with Gasteiger partial charge in [-0.2, -0.15) is 0 Å². The Balaban J connectivity index is 1.67. The van der Waals surface area contributed by atoms with E-state index in [4.69, 9.17) is 0 Å². The third-order valence-corrected chi connectivity index (χ3v) is 3.85. The molecule has 0 heterocycles. The molecule has 0 spiro atoms. The molecule has 1 heteroatoms. The van der Waals surface area contributed by atoms with E-state index < -0.39 is 0 Å². The van der Waals surface area contributed by atoms with Crippen molar-refractivity contribution in [1.82, 2.24) is 5.32 Å². The molecule has 2 saturated carbocycles. The number of hydrogen-bond donors (Lipinski definition) is 1. The Hall–Kier alpha value is -0.0400. The molecule has 2 aliphatic rings. The van der Waals surface area contributed by atoms with Gasteiger partial charge in [-0.25, -0.2) is 0 Å². The quantitative estimate of drug-likeness (QED) is 0.747. The van der Waals surface area contributed by atoms with Gasteiger partial charge >= 0.3 is 0 Å². The maximum atomic E-state index is 3.75. The predicted octanol–water partition coefficient (Wildman–Crippen LogP) is 3.73. The second-order valence-electron chi connectivity index (χ2n) is 6.79. The highest BCUT2D eigenvalue weighted by atomic mass is 15.0. The van der Waals surface area contributed by atoms with Gasteiger partial charge in [0.05, 0.1) is 0 Å². The molecule has 0 aromatic rings. The minimum Gasteiger partial charge on any atom is -0.309 e. The zero-order valence-electron chi connectivity index (χ0n) is 10.7. The minimum absolute atomic E-state index is 0.300. The number of hydrogen-bond acceptors (Lipinski definition) is 1. The standard InChI is InChI=1S/C14H27N/c1-14(2,3)15-13-8-6-12(7-9-13)10-11-4-5-11/h11-13,15H,4-10H2,1-3H3. The topological polar surface area (TPSA) is 12.0 Å². The minimum atomic E-state index is 0.300. The Kier molecular flexibility index (Phi) is 3.39. The average molecular weight is 209 g/mol. The van der Waals surface area contributed by atoms with E-state index in [1.165, 1.54) is 38.5 Å². The van der Waals surface area contributed by atoms with E-state index in [-0.39, 0.29) is 0 Å². The molecule has 88 valence electrons. The summed E-state index contributed by atoms with van der Waals surface area (Å²) in [5.74, 6) is 2.19. The summed E-state index contributed by atoms with van der Waals surface area (Å²) in [6, 6.07) is 0.792. The molecule has 0 atom stereocenters. The predicted molar refractivity (Wildman–Crippen MR) is 66.0 cm³/mol. The fourth-order valence-electron chi connectivity index (χ4n) is 2.98. The zero-order valence-corrected chi connectivity index (χ0v) is 10.7. The highest BCUT2D eigenvalue weighted by Crippen LogP contribution is 2.39. The van der Waals surface area contributed by atoms with Gasteiger partial charge < -0.3 is 5.32 Å². The van der Waals surface area contributed by atoms with Crippen LogP contribution in [0.4, 0.5) is 0 Å². The summed E-state index contributed by atoms with van der Waals surface area (Å²) < 4.78 is 0. The molecule has 2 fully saturated rings. The van der Waals surface area contributed by atoms with Crippen LogP contribution >= 0.6 is 0 Å². The van der Waals surface area contributed by atoms with E-state index in [9.17, 15) is 0 Å². The Bertz CT molecular complexity index is 192. The highest BCUT2D eigenvalue weighted by Gasteiger charge is 2.29. The van der Waals surface area contributed by atoms with Crippen LogP contribution in [0.2, 0.25) is 0 Å². The van der Waals surface area contributed by atoms with E-state index in [0.717, 1.165) is 17.9 Å². The van der Waals surface area contributed by atoms with Crippen LogP contribution in [0, 0.1) is 11.8 Å². The van der Waals surface area contributed by atoms with Crippen LogP contribution in [0.15, 0.2) is 0 Å². The fourth-order valence-corrected chi connectivity index (χ4v) is 2.98. The fraction of sp³-hybridized carbons (Fsp3) is 1.00. The first kappa shape index (κ1) is 11.4. The lowest BCUT2D eigenvalue weighted by Gasteiger charge is -2.34. The molecular formula is C14H27N. The van der Waals surface area contributed by atoms with Crippen molar-refractivity contribution < 1.29 is 0 Å². The number of nitrogens with one attached hydrogen (secondary N) is 1. The van der Waals surface area contributed by atoms with Crippen LogP contribution in [0.25, 0.3) is 0 Å². The number of rotatable bonds is 3. The molecule has 1 nitrogen and oxygen atoms in total. The van der Waals surface area contributed by atoms with Gasteiger partial charge in [-0.15, -0.1) is 0 Å². The van der Waals surface area contributed by atoms with Crippen molar-refractivity contribution in [3.63, 3.8) is 0 Å². The molecule has 0 bridgehead atoms. The van der Waals surface area contributed by atoms with Crippen molar-refractivity contribution in [1.29, 1.82) is 0 Å². The van der Waals surface area contributed by atoms with Crippen molar-refractivity contribution in [2.24, 2.45) is 11.8 Å². The third kappa shape index (κ3) is 4.14. The van der Waals surface area contributed by atoms with Crippen molar-refractivity contribution in [3.8, 4) is 0 Å². The zero-order chi connectivity index (χ0) is 10.9. The van der Waals surface area contributed by atoms with Gasteiger partial charge in [-0.05, 0) is 64.7 Å². The normalized spacial score (nSPS) is 33.0. The summed E-state index contributed by atoms with van der Waals surface area (Å²) in [6.07, 6.45) is 10.4.